The molecule has 2 heterocycles. The van der Waals surface area contributed by atoms with Crippen LogP contribution in [0.15, 0.2) is 110 Å². The van der Waals surface area contributed by atoms with Crippen LogP contribution in [0, 0.1) is 0 Å². The number of hydrogen-bond donors (Lipinski definition) is 2. The monoisotopic (exact) mass is 368 g/mol. The molecule has 3 aromatic carbocycles. The molecule has 4 heteroatoms. The predicted octanol–water partition coefficient (Wildman–Crippen LogP) is 4.27. The highest BCUT2D eigenvalue weighted by Gasteiger charge is 2.40. The largest absolute Gasteiger partial charge is 0.466 e. The Morgan fingerprint density at radius 1 is 0.464 bits per heavy atom. The third kappa shape index (κ3) is 2.46. The molecule has 0 aromatic heterocycles. The minimum Gasteiger partial charge on any atom is -0.466 e. The Labute approximate surface area is 164 Å². The van der Waals surface area contributed by atoms with Gasteiger partial charge in [0, 0.05) is 34.7 Å². The maximum atomic E-state index is 6.04. The maximum Gasteiger partial charge on any atom is 0.232 e. The SMILES string of the molecule is C1=COC(c2ccccc2)(c2ccc(C3(c4ccccc4)NC=CO3)cc2)N1. The molecule has 0 spiro atoms. The minimum atomic E-state index is -0.720. The van der Waals surface area contributed by atoms with E-state index in [1.165, 1.54) is 0 Å². The summed E-state index contributed by atoms with van der Waals surface area (Å²) in [6.45, 7) is 0. The molecular formula is C24H20N2O2. The van der Waals surface area contributed by atoms with Crippen molar-refractivity contribution in [2.45, 2.75) is 11.4 Å². The van der Waals surface area contributed by atoms with E-state index in [1.54, 1.807) is 12.5 Å². The van der Waals surface area contributed by atoms with Crippen molar-refractivity contribution in [3.8, 4) is 0 Å². The predicted molar refractivity (Wildman–Crippen MR) is 108 cm³/mol. The summed E-state index contributed by atoms with van der Waals surface area (Å²) in [5.74, 6) is 0. The van der Waals surface area contributed by atoms with Crippen molar-refractivity contribution >= 4 is 0 Å². The Morgan fingerprint density at radius 2 is 0.821 bits per heavy atom. The van der Waals surface area contributed by atoms with E-state index in [4.69, 9.17) is 9.47 Å². The van der Waals surface area contributed by atoms with Crippen molar-refractivity contribution < 1.29 is 9.47 Å². The lowest BCUT2D eigenvalue weighted by molar-refractivity contribution is 0.0590. The topological polar surface area (TPSA) is 42.5 Å². The molecular weight excluding hydrogens is 348 g/mol. The molecule has 2 aliphatic heterocycles. The summed E-state index contributed by atoms with van der Waals surface area (Å²) in [5, 5.41) is 6.74. The highest BCUT2D eigenvalue weighted by molar-refractivity contribution is 5.43. The zero-order valence-corrected chi connectivity index (χ0v) is 15.2. The molecule has 0 fully saturated rings. The highest BCUT2D eigenvalue weighted by atomic mass is 16.5. The van der Waals surface area contributed by atoms with Crippen molar-refractivity contribution in [3.63, 3.8) is 0 Å². The van der Waals surface area contributed by atoms with Gasteiger partial charge < -0.3 is 20.1 Å². The van der Waals surface area contributed by atoms with Crippen LogP contribution in [0.2, 0.25) is 0 Å². The summed E-state index contributed by atoms with van der Waals surface area (Å²) in [4.78, 5) is 0. The fourth-order valence-corrected chi connectivity index (χ4v) is 3.87. The molecule has 2 aliphatic rings. The second-order valence-corrected chi connectivity index (χ2v) is 6.80. The van der Waals surface area contributed by atoms with Gasteiger partial charge in [-0.2, -0.15) is 0 Å². The van der Waals surface area contributed by atoms with Gasteiger partial charge in [-0.3, -0.25) is 0 Å². The van der Waals surface area contributed by atoms with Gasteiger partial charge in [-0.25, -0.2) is 0 Å². The second-order valence-electron chi connectivity index (χ2n) is 6.80. The van der Waals surface area contributed by atoms with Crippen molar-refractivity contribution in [2.75, 3.05) is 0 Å². The van der Waals surface area contributed by atoms with Crippen LogP contribution < -0.4 is 10.6 Å². The van der Waals surface area contributed by atoms with E-state index in [1.807, 2.05) is 48.8 Å². The molecule has 0 amide bonds. The van der Waals surface area contributed by atoms with Gasteiger partial charge >= 0.3 is 0 Å². The van der Waals surface area contributed by atoms with Crippen molar-refractivity contribution in [3.05, 3.63) is 132 Å². The third-order valence-corrected chi connectivity index (χ3v) is 5.26. The molecule has 3 aromatic rings. The van der Waals surface area contributed by atoms with Crippen LogP contribution in [-0.4, -0.2) is 0 Å². The fourth-order valence-electron chi connectivity index (χ4n) is 3.87. The van der Waals surface area contributed by atoms with Crippen LogP contribution in [0.1, 0.15) is 22.3 Å². The average molecular weight is 368 g/mol. The van der Waals surface area contributed by atoms with Gasteiger partial charge in [0.2, 0.25) is 11.4 Å². The van der Waals surface area contributed by atoms with Gasteiger partial charge in [0.1, 0.15) is 12.5 Å². The first-order valence-corrected chi connectivity index (χ1v) is 9.27. The number of rotatable bonds is 4. The van der Waals surface area contributed by atoms with Crippen molar-refractivity contribution in [1.82, 2.24) is 10.6 Å². The molecule has 0 saturated heterocycles. The molecule has 0 radical (unpaired) electrons. The number of ether oxygens (including phenoxy) is 2. The van der Waals surface area contributed by atoms with Crippen molar-refractivity contribution in [1.29, 1.82) is 0 Å². The molecule has 2 unspecified atom stereocenters. The van der Waals surface area contributed by atoms with Crippen LogP contribution >= 0.6 is 0 Å². The van der Waals surface area contributed by atoms with Crippen LogP contribution in [0.25, 0.3) is 0 Å². The van der Waals surface area contributed by atoms with E-state index in [2.05, 4.69) is 59.2 Å². The van der Waals surface area contributed by atoms with Gasteiger partial charge in [-0.05, 0) is 0 Å². The fraction of sp³-hybridized carbons (Fsp3) is 0.0833. The Kier molecular flexibility index (Phi) is 3.83. The minimum absolute atomic E-state index is 0.720. The number of nitrogens with one attached hydrogen (secondary N) is 2. The number of hydrogen-bond acceptors (Lipinski definition) is 4. The van der Waals surface area contributed by atoms with Gasteiger partial charge in [-0.15, -0.1) is 0 Å². The standard InChI is InChI=1S/C24H20N2O2/c1-3-7-19(8-4-1)23(25-15-17-27-23)21-11-13-22(14-12-21)24(26-16-18-28-24)20-9-5-2-6-10-20/h1-18,25-26H. The Balaban J connectivity index is 1.55. The summed E-state index contributed by atoms with van der Waals surface area (Å²) in [7, 11) is 0. The summed E-state index contributed by atoms with van der Waals surface area (Å²) >= 11 is 0. The van der Waals surface area contributed by atoms with E-state index in [0.29, 0.717) is 0 Å². The van der Waals surface area contributed by atoms with E-state index in [0.717, 1.165) is 22.3 Å². The molecule has 0 saturated carbocycles. The van der Waals surface area contributed by atoms with E-state index in [9.17, 15) is 0 Å². The summed E-state index contributed by atoms with van der Waals surface area (Å²) < 4.78 is 12.1. The molecule has 2 atom stereocenters. The van der Waals surface area contributed by atoms with Crippen LogP contribution in [0.3, 0.4) is 0 Å². The van der Waals surface area contributed by atoms with Gasteiger partial charge in [0.25, 0.3) is 0 Å². The zero-order chi connectivity index (χ0) is 18.9. The molecule has 2 N–H and O–H groups in total. The highest BCUT2D eigenvalue weighted by Crippen LogP contribution is 2.38. The van der Waals surface area contributed by atoms with Crippen LogP contribution in [0.4, 0.5) is 0 Å². The third-order valence-electron chi connectivity index (χ3n) is 5.26. The Hall–Kier alpha value is -3.66. The zero-order valence-electron chi connectivity index (χ0n) is 15.2. The second kappa shape index (κ2) is 6.50. The molecule has 28 heavy (non-hydrogen) atoms. The van der Waals surface area contributed by atoms with E-state index < -0.39 is 11.4 Å². The molecule has 138 valence electrons. The van der Waals surface area contributed by atoms with Crippen molar-refractivity contribution in [2.24, 2.45) is 0 Å². The molecule has 0 bridgehead atoms. The summed E-state index contributed by atoms with van der Waals surface area (Å²) in [6, 6.07) is 28.6. The lowest BCUT2D eigenvalue weighted by Crippen LogP contribution is -2.40. The molecule has 0 aliphatic carbocycles. The summed E-state index contributed by atoms with van der Waals surface area (Å²) in [5.41, 5.74) is 2.68. The van der Waals surface area contributed by atoms with Crippen LogP contribution in [-0.2, 0) is 20.9 Å². The van der Waals surface area contributed by atoms with Gasteiger partial charge in [-0.1, -0.05) is 84.9 Å². The van der Waals surface area contributed by atoms with E-state index >= 15 is 0 Å². The molecule has 4 nitrogen and oxygen atoms in total. The lowest BCUT2D eigenvalue weighted by atomic mass is 9.90. The van der Waals surface area contributed by atoms with Gasteiger partial charge in [0.15, 0.2) is 0 Å². The summed E-state index contributed by atoms with van der Waals surface area (Å²) in [6.07, 6.45) is 7.05. The average Bonchev–Trinajstić information content (AvgIpc) is 3.47. The quantitative estimate of drug-likeness (QED) is 0.722. The Morgan fingerprint density at radius 3 is 1.14 bits per heavy atom. The van der Waals surface area contributed by atoms with Crippen LogP contribution in [0.5, 0.6) is 0 Å². The first-order valence-electron chi connectivity index (χ1n) is 9.27. The first-order chi connectivity index (χ1) is 13.8. The number of benzene rings is 3. The lowest BCUT2D eigenvalue weighted by Gasteiger charge is -2.33. The van der Waals surface area contributed by atoms with E-state index in [-0.39, 0.29) is 0 Å². The normalized spacial score (nSPS) is 24.9. The smallest absolute Gasteiger partial charge is 0.232 e. The molecule has 5 rings (SSSR count). The van der Waals surface area contributed by atoms with Gasteiger partial charge in [0.05, 0.1) is 0 Å². The Bertz CT molecular complexity index is 911. The first kappa shape index (κ1) is 16.5. The maximum absolute atomic E-state index is 6.04.